The minimum absolute atomic E-state index is 0.433. The van der Waals surface area contributed by atoms with Crippen molar-refractivity contribution in [3.8, 4) is 0 Å². The smallest absolute Gasteiger partial charge is 0.0693 e. The number of hydrogen-bond donors (Lipinski definition) is 1. The molecule has 0 unspecified atom stereocenters. The highest BCUT2D eigenvalue weighted by Crippen LogP contribution is 2.36. The number of hydrogen-bond acceptors (Lipinski definition) is 2. The highest BCUT2D eigenvalue weighted by atomic mass is 35.5. The molecule has 0 spiro atoms. The first-order valence-corrected chi connectivity index (χ1v) is 7.03. The van der Waals surface area contributed by atoms with Gasteiger partial charge in [0.2, 0.25) is 0 Å². The van der Waals surface area contributed by atoms with E-state index in [-0.39, 0.29) is 0 Å². The summed E-state index contributed by atoms with van der Waals surface area (Å²) in [6, 6.07) is 10.1. The lowest BCUT2D eigenvalue weighted by atomic mass is 10.2. The summed E-state index contributed by atoms with van der Waals surface area (Å²) >= 11 is 13.7. The van der Waals surface area contributed by atoms with E-state index < -0.39 is 0 Å². The molecule has 0 aliphatic carbocycles. The summed E-state index contributed by atoms with van der Waals surface area (Å²) < 4.78 is 0. The van der Waals surface area contributed by atoms with Crippen LogP contribution in [0.25, 0.3) is 0 Å². The SMILES string of the molecule is Cc1cc(C)cc(Sc2cc(Cl)c(N)c(Cl)c2)c1. The Morgan fingerprint density at radius 1 is 0.833 bits per heavy atom. The van der Waals surface area contributed by atoms with Crippen molar-refractivity contribution in [1.82, 2.24) is 0 Å². The van der Waals surface area contributed by atoms with Crippen LogP contribution in [0.4, 0.5) is 5.69 Å². The zero-order valence-electron chi connectivity index (χ0n) is 10.1. The molecule has 2 N–H and O–H groups in total. The molecule has 0 heterocycles. The highest BCUT2D eigenvalue weighted by molar-refractivity contribution is 7.99. The second kappa shape index (κ2) is 5.43. The van der Waals surface area contributed by atoms with Gasteiger partial charge in [-0.25, -0.2) is 0 Å². The van der Waals surface area contributed by atoms with Crippen molar-refractivity contribution in [2.24, 2.45) is 0 Å². The molecule has 0 radical (unpaired) electrons. The number of nitrogen functional groups attached to an aromatic ring is 1. The second-order valence-electron chi connectivity index (χ2n) is 4.23. The summed E-state index contributed by atoms with van der Waals surface area (Å²) in [7, 11) is 0. The summed E-state index contributed by atoms with van der Waals surface area (Å²) in [5, 5.41) is 0.990. The van der Waals surface area contributed by atoms with Crippen molar-refractivity contribution in [2.45, 2.75) is 23.6 Å². The first kappa shape index (κ1) is 13.6. The van der Waals surface area contributed by atoms with Gasteiger partial charge >= 0.3 is 0 Å². The van der Waals surface area contributed by atoms with Gasteiger partial charge in [-0.3, -0.25) is 0 Å². The predicted octanol–water partition coefficient (Wildman–Crippen LogP) is 5.34. The van der Waals surface area contributed by atoms with E-state index in [9.17, 15) is 0 Å². The Labute approximate surface area is 121 Å². The number of aryl methyl sites for hydroxylation is 2. The third-order valence-electron chi connectivity index (χ3n) is 2.48. The summed E-state index contributed by atoms with van der Waals surface area (Å²) in [6.07, 6.45) is 0. The maximum Gasteiger partial charge on any atom is 0.0693 e. The topological polar surface area (TPSA) is 26.0 Å². The minimum atomic E-state index is 0.433. The molecular weight excluding hydrogens is 285 g/mol. The number of benzene rings is 2. The van der Waals surface area contributed by atoms with Crippen molar-refractivity contribution >= 4 is 40.7 Å². The number of anilines is 1. The Kier molecular flexibility index (Phi) is 4.10. The summed E-state index contributed by atoms with van der Waals surface area (Å²) in [5.41, 5.74) is 8.63. The van der Waals surface area contributed by atoms with Crippen LogP contribution >= 0.6 is 35.0 Å². The van der Waals surface area contributed by atoms with E-state index in [1.165, 1.54) is 16.0 Å². The van der Waals surface area contributed by atoms with E-state index in [1.54, 1.807) is 11.8 Å². The standard InChI is InChI=1S/C14H13Cl2NS/c1-8-3-9(2)5-10(4-8)18-11-6-12(15)14(17)13(16)7-11/h3-7H,17H2,1-2H3. The average molecular weight is 298 g/mol. The molecule has 0 saturated carbocycles. The van der Waals surface area contributed by atoms with Crippen LogP contribution in [0.2, 0.25) is 10.0 Å². The Hall–Kier alpha value is -0.830. The Balaban J connectivity index is 2.34. The molecule has 0 bridgehead atoms. The van der Waals surface area contributed by atoms with Crippen LogP contribution in [0.15, 0.2) is 40.1 Å². The van der Waals surface area contributed by atoms with Crippen LogP contribution < -0.4 is 5.73 Å². The van der Waals surface area contributed by atoms with Gasteiger partial charge < -0.3 is 5.73 Å². The van der Waals surface area contributed by atoms with Crippen LogP contribution in [0.3, 0.4) is 0 Å². The van der Waals surface area contributed by atoms with E-state index in [2.05, 4.69) is 32.0 Å². The molecule has 0 amide bonds. The molecule has 0 aliphatic heterocycles. The molecule has 2 aromatic carbocycles. The maximum absolute atomic E-state index is 6.03. The first-order chi connectivity index (χ1) is 8.45. The van der Waals surface area contributed by atoms with Gasteiger partial charge in [-0.15, -0.1) is 0 Å². The minimum Gasteiger partial charge on any atom is -0.396 e. The normalized spacial score (nSPS) is 10.7. The van der Waals surface area contributed by atoms with Crippen LogP contribution in [-0.4, -0.2) is 0 Å². The lowest BCUT2D eigenvalue weighted by molar-refractivity contribution is 1.29. The lowest BCUT2D eigenvalue weighted by Gasteiger charge is -2.07. The van der Waals surface area contributed by atoms with Crippen LogP contribution in [0.5, 0.6) is 0 Å². The van der Waals surface area contributed by atoms with Crippen LogP contribution in [-0.2, 0) is 0 Å². The quantitative estimate of drug-likeness (QED) is 0.757. The monoisotopic (exact) mass is 297 g/mol. The predicted molar refractivity (Wildman–Crippen MR) is 80.9 cm³/mol. The fourth-order valence-corrected chi connectivity index (χ4v) is 3.48. The van der Waals surface area contributed by atoms with E-state index in [0.717, 1.165) is 4.90 Å². The zero-order chi connectivity index (χ0) is 13.3. The summed E-state index contributed by atoms with van der Waals surface area (Å²) in [5.74, 6) is 0. The number of rotatable bonds is 2. The first-order valence-electron chi connectivity index (χ1n) is 5.46. The third-order valence-corrected chi connectivity index (χ3v) is 4.05. The molecule has 0 atom stereocenters. The molecule has 2 aromatic rings. The largest absolute Gasteiger partial charge is 0.396 e. The van der Waals surface area contributed by atoms with Crippen molar-refractivity contribution in [2.75, 3.05) is 5.73 Å². The molecule has 2 rings (SSSR count). The Morgan fingerprint density at radius 3 is 1.78 bits per heavy atom. The van der Waals surface area contributed by atoms with Crippen molar-refractivity contribution < 1.29 is 0 Å². The van der Waals surface area contributed by atoms with Crippen molar-refractivity contribution in [1.29, 1.82) is 0 Å². The molecule has 0 fully saturated rings. The van der Waals surface area contributed by atoms with Gasteiger partial charge in [-0.2, -0.15) is 0 Å². The van der Waals surface area contributed by atoms with E-state index in [0.29, 0.717) is 15.7 Å². The average Bonchev–Trinajstić information content (AvgIpc) is 2.24. The molecule has 94 valence electrons. The van der Waals surface area contributed by atoms with E-state index >= 15 is 0 Å². The molecule has 4 heteroatoms. The van der Waals surface area contributed by atoms with Gasteiger partial charge in [0.05, 0.1) is 15.7 Å². The summed E-state index contributed by atoms with van der Waals surface area (Å²) in [6.45, 7) is 4.17. The Morgan fingerprint density at radius 2 is 1.28 bits per heavy atom. The van der Waals surface area contributed by atoms with Gasteiger partial charge in [-0.05, 0) is 49.2 Å². The number of halogens is 2. The fourth-order valence-electron chi connectivity index (χ4n) is 1.75. The van der Waals surface area contributed by atoms with Gasteiger partial charge in [0.15, 0.2) is 0 Å². The molecule has 1 nitrogen and oxygen atoms in total. The number of nitrogens with two attached hydrogens (primary N) is 1. The van der Waals surface area contributed by atoms with Crippen LogP contribution in [0.1, 0.15) is 11.1 Å². The highest BCUT2D eigenvalue weighted by Gasteiger charge is 2.06. The molecular formula is C14H13Cl2NS. The summed E-state index contributed by atoms with van der Waals surface area (Å²) in [4.78, 5) is 2.16. The van der Waals surface area contributed by atoms with Crippen molar-refractivity contribution in [3.63, 3.8) is 0 Å². The van der Waals surface area contributed by atoms with E-state index in [1.807, 2.05) is 12.1 Å². The van der Waals surface area contributed by atoms with E-state index in [4.69, 9.17) is 28.9 Å². The molecule has 18 heavy (non-hydrogen) atoms. The van der Waals surface area contributed by atoms with Crippen LogP contribution in [0, 0.1) is 13.8 Å². The molecule has 0 aromatic heterocycles. The fraction of sp³-hybridized carbons (Fsp3) is 0.143. The molecule has 0 aliphatic rings. The third kappa shape index (κ3) is 3.14. The second-order valence-corrected chi connectivity index (χ2v) is 6.19. The van der Waals surface area contributed by atoms with Gasteiger partial charge in [0.25, 0.3) is 0 Å². The molecule has 0 saturated heterocycles. The van der Waals surface area contributed by atoms with Gasteiger partial charge in [0, 0.05) is 9.79 Å². The maximum atomic E-state index is 6.03. The van der Waals surface area contributed by atoms with Crippen molar-refractivity contribution in [3.05, 3.63) is 51.5 Å². The lowest BCUT2D eigenvalue weighted by Crippen LogP contribution is -1.88. The Bertz CT molecular complexity index is 553. The zero-order valence-corrected chi connectivity index (χ0v) is 12.5. The van der Waals surface area contributed by atoms with Gasteiger partial charge in [0.1, 0.15) is 0 Å². The van der Waals surface area contributed by atoms with Gasteiger partial charge in [-0.1, -0.05) is 41.0 Å².